The van der Waals surface area contributed by atoms with Gasteiger partial charge in [-0.1, -0.05) is 54.6 Å². The fraction of sp³-hybridized carbons (Fsp3) is 0.432. The standard InChI is InChI=1S/C23H20F3NO.C14H21F3N2O4/c1-15-8-6-11-17-16(15)10-7-12-18(17)20(14-28)22(23(24,25)26)19-9-4-5-13-21(19)27(2)3;15-14(16,17)13(12(22)18-6-11(20)21)3-1-4-19(9-13)7-10-2-5-23-8-10/h4-14H,1-3H3;10H,1-9H2,(H,18,22)(H,20,21)/b22-20-;. The number of nitrogens with one attached hydrogen (secondary N) is 1. The number of aldehydes is 1. The van der Waals surface area contributed by atoms with Crippen LogP contribution in [-0.4, -0.2) is 94.0 Å². The minimum Gasteiger partial charge on any atom is -0.480 e. The molecule has 2 unspecified atom stereocenters. The second-order valence-electron chi connectivity index (χ2n) is 13.0. The molecule has 3 aromatic carbocycles. The number of amides is 1. The lowest BCUT2D eigenvalue weighted by molar-refractivity contribution is -0.234. The lowest BCUT2D eigenvalue weighted by Crippen LogP contribution is -2.60. The summed E-state index contributed by atoms with van der Waals surface area (Å²) in [5, 5.41) is 11.9. The fourth-order valence-corrected chi connectivity index (χ4v) is 6.75. The van der Waals surface area contributed by atoms with Gasteiger partial charge in [-0.15, -0.1) is 0 Å². The molecule has 0 radical (unpaired) electrons. The highest BCUT2D eigenvalue weighted by Gasteiger charge is 2.61. The molecule has 14 heteroatoms. The predicted octanol–water partition coefficient (Wildman–Crippen LogP) is 6.75. The summed E-state index contributed by atoms with van der Waals surface area (Å²) < 4.78 is 88.7. The number of aliphatic carboxylic acids is 1. The van der Waals surface area contributed by atoms with Crippen molar-refractivity contribution >= 4 is 45.8 Å². The number of carbonyl (C=O) groups excluding carboxylic acids is 2. The maximum absolute atomic E-state index is 14.2. The quantitative estimate of drug-likeness (QED) is 0.109. The van der Waals surface area contributed by atoms with Crippen LogP contribution in [0, 0.1) is 18.3 Å². The van der Waals surface area contributed by atoms with Crippen LogP contribution in [0.5, 0.6) is 0 Å². The highest BCUT2D eigenvalue weighted by molar-refractivity contribution is 6.22. The number of carboxylic acids is 1. The first kappa shape index (κ1) is 39.4. The van der Waals surface area contributed by atoms with Gasteiger partial charge in [0.05, 0.1) is 12.2 Å². The number of likely N-dealkylation sites (tertiary alicyclic amines) is 1. The number of hydrogen-bond acceptors (Lipinski definition) is 6. The number of fused-ring (bicyclic) bond motifs is 1. The second kappa shape index (κ2) is 16.3. The Kier molecular flexibility index (Phi) is 12.6. The van der Waals surface area contributed by atoms with Crippen LogP contribution in [0.1, 0.15) is 36.0 Å². The molecule has 0 spiro atoms. The van der Waals surface area contributed by atoms with Crippen LogP contribution >= 0.6 is 0 Å². The number of aryl methyl sites for hydroxylation is 1. The van der Waals surface area contributed by atoms with Crippen LogP contribution < -0.4 is 10.2 Å². The molecule has 2 fully saturated rings. The van der Waals surface area contributed by atoms with Gasteiger partial charge in [-0.25, -0.2) is 0 Å². The Morgan fingerprint density at radius 2 is 1.67 bits per heavy atom. The third-order valence-corrected chi connectivity index (χ3v) is 9.25. The van der Waals surface area contributed by atoms with Crippen LogP contribution in [0.3, 0.4) is 0 Å². The molecule has 2 heterocycles. The van der Waals surface area contributed by atoms with Crippen molar-refractivity contribution in [1.29, 1.82) is 0 Å². The Morgan fingerprint density at radius 3 is 2.27 bits per heavy atom. The number of nitrogens with zero attached hydrogens (tertiary/aromatic N) is 2. The maximum atomic E-state index is 14.2. The van der Waals surface area contributed by atoms with E-state index in [4.69, 9.17) is 9.84 Å². The van der Waals surface area contributed by atoms with E-state index < -0.39 is 48.3 Å². The van der Waals surface area contributed by atoms with Crippen molar-refractivity contribution in [2.45, 2.75) is 38.5 Å². The van der Waals surface area contributed by atoms with Crippen molar-refractivity contribution in [2.24, 2.45) is 11.3 Å². The number of ether oxygens (including phenoxy) is 1. The molecule has 0 saturated carbocycles. The largest absolute Gasteiger partial charge is 0.480 e. The van der Waals surface area contributed by atoms with E-state index in [9.17, 15) is 40.7 Å². The van der Waals surface area contributed by atoms with Gasteiger partial charge in [0.15, 0.2) is 11.7 Å². The predicted molar refractivity (Wildman–Crippen MR) is 182 cm³/mol. The third kappa shape index (κ3) is 9.09. The number of alkyl halides is 6. The molecule has 1 amide bonds. The average Bonchev–Trinajstić information content (AvgIpc) is 3.58. The van der Waals surface area contributed by atoms with Crippen LogP contribution in [0.25, 0.3) is 21.9 Å². The van der Waals surface area contributed by atoms with Crippen LogP contribution in [0.4, 0.5) is 32.0 Å². The minimum absolute atomic E-state index is 0.0215. The summed E-state index contributed by atoms with van der Waals surface area (Å²) in [6, 6.07) is 16.7. The summed E-state index contributed by atoms with van der Waals surface area (Å²) in [5.74, 6) is -2.44. The molecular weight excluding hydrogens is 680 g/mol. The van der Waals surface area contributed by atoms with Crippen molar-refractivity contribution < 1.29 is 50.6 Å². The number of halogens is 6. The van der Waals surface area contributed by atoms with Crippen molar-refractivity contribution in [1.82, 2.24) is 10.2 Å². The highest BCUT2D eigenvalue weighted by Crippen LogP contribution is 2.46. The van der Waals surface area contributed by atoms with E-state index in [1.807, 2.05) is 24.4 Å². The summed E-state index contributed by atoms with van der Waals surface area (Å²) in [6.07, 6.45) is -8.38. The zero-order valence-electron chi connectivity index (χ0n) is 28.5. The van der Waals surface area contributed by atoms with Gasteiger partial charge in [0, 0.05) is 50.6 Å². The Morgan fingerprint density at radius 1 is 1.00 bits per heavy atom. The van der Waals surface area contributed by atoms with Gasteiger partial charge >= 0.3 is 18.3 Å². The summed E-state index contributed by atoms with van der Waals surface area (Å²) in [5.41, 5.74) is -2.25. The lowest BCUT2D eigenvalue weighted by Gasteiger charge is -2.43. The smallest absolute Gasteiger partial charge is 0.417 e. The molecule has 3 aromatic rings. The van der Waals surface area contributed by atoms with Crippen molar-refractivity contribution in [3.8, 4) is 0 Å². The topological polar surface area (TPSA) is 99.2 Å². The van der Waals surface area contributed by atoms with Gasteiger partial charge in [0.25, 0.3) is 0 Å². The Bertz CT molecular complexity index is 1750. The molecular formula is C37H41F6N3O5. The Labute approximate surface area is 292 Å². The molecule has 2 aliphatic rings. The van der Waals surface area contributed by atoms with Crippen molar-refractivity contribution in [3.63, 3.8) is 0 Å². The van der Waals surface area contributed by atoms with Gasteiger partial charge < -0.3 is 25.0 Å². The fourth-order valence-electron chi connectivity index (χ4n) is 6.75. The van der Waals surface area contributed by atoms with E-state index >= 15 is 0 Å². The molecule has 276 valence electrons. The number of carbonyl (C=O) groups is 3. The van der Waals surface area contributed by atoms with Gasteiger partial charge in [-0.3, -0.25) is 14.4 Å². The average molecular weight is 722 g/mol. The number of hydrogen-bond donors (Lipinski definition) is 2. The van der Waals surface area contributed by atoms with Crippen molar-refractivity contribution in [3.05, 3.63) is 77.4 Å². The van der Waals surface area contributed by atoms with Crippen LogP contribution in [0.15, 0.2) is 60.7 Å². The van der Waals surface area contributed by atoms with Gasteiger partial charge in [-0.05, 0) is 66.6 Å². The van der Waals surface area contributed by atoms with Crippen LogP contribution in [-0.2, 0) is 19.1 Å². The van der Waals surface area contributed by atoms with Gasteiger partial charge in [0.1, 0.15) is 6.54 Å². The molecule has 0 aliphatic carbocycles. The van der Waals surface area contributed by atoms with E-state index in [1.54, 1.807) is 66.4 Å². The summed E-state index contributed by atoms with van der Waals surface area (Å²) in [6.45, 7) is 2.75. The number of carboxylic acid groups (broad SMARTS) is 1. The van der Waals surface area contributed by atoms with Crippen LogP contribution in [0.2, 0.25) is 0 Å². The molecule has 8 nitrogen and oxygen atoms in total. The summed E-state index contributed by atoms with van der Waals surface area (Å²) >= 11 is 0. The first-order chi connectivity index (χ1) is 24.0. The van der Waals surface area contributed by atoms with E-state index in [2.05, 4.69) is 0 Å². The first-order valence-electron chi connectivity index (χ1n) is 16.4. The third-order valence-electron chi connectivity index (χ3n) is 9.25. The summed E-state index contributed by atoms with van der Waals surface area (Å²) in [4.78, 5) is 37.9. The lowest BCUT2D eigenvalue weighted by atomic mass is 9.77. The molecule has 51 heavy (non-hydrogen) atoms. The zero-order chi connectivity index (χ0) is 37.6. The molecule has 2 atom stereocenters. The molecule has 0 bridgehead atoms. The van der Waals surface area contributed by atoms with E-state index in [0.29, 0.717) is 43.7 Å². The van der Waals surface area contributed by atoms with Gasteiger partial charge in [-0.2, -0.15) is 26.3 Å². The van der Waals surface area contributed by atoms with E-state index in [0.717, 1.165) is 17.4 Å². The molecule has 2 aliphatic heterocycles. The van der Waals surface area contributed by atoms with Gasteiger partial charge in [0.2, 0.25) is 5.91 Å². The molecule has 2 N–H and O–H groups in total. The molecule has 2 saturated heterocycles. The van der Waals surface area contributed by atoms with Crippen molar-refractivity contribution in [2.75, 3.05) is 58.4 Å². The zero-order valence-corrected chi connectivity index (χ0v) is 28.5. The molecule has 5 rings (SSSR count). The number of benzene rings is 3. The summed E-state index contributed by atoms with van der Waals surface area (Å²) in [7, 11) is 3.35. The number of piperidine rings is 1. The number of anilines is 1. The minimum atomic E-state index is -4.72. The second-order valence-corrected chi connectivity index (χ2v) is 13.0. The normalized spacial score (nSPS) is 20.2. The number of rotatable bonds is 9. The monoisotopic (exact) mass is 721 g/mol. The Hall–Kier alpha value is -4.43. The van der Waals surface area contributed by atoms with E-state index in [-0.39, 0.29) is 35.5 Å². The molecule has 0 aromatic heterocycles. The SMILES string of the molecule is Cc1cccc2c(/C(C=O)=C(/c3ccccc3N(C)C)C(F)(F)F)cccc12.O=C(O)CNC(=O)C1(C(F)(F)F)CCCN(CC2CCOC2)C1. The number of para-hydroxylation sites is 1. The first-order valence-corrected chi connectivity index (χ1v) is 16.4. The Balaban J connectivity index is 0.000000233. The number of allylic oxidation sites excluding steroid dienone is 2. The van der Waals surface area contributed by atoms with E-state index in [1.165, 1.54) is 6.07 Å². The maximum Gasteiger partial charge on any atom is 0.417 e. The highest BCUT2D eigenvalue weighted by atomic mass is 19.4.